The molecule has 0 N–H and O–H groups in total. The Morgan fingerprint density at radius 2 is 1.24 bits per heavy atom. The summed E-state index contributed by atoms with van der Waals surface area (Å²) in [5.41, 5.74) is 0. The predicted molar refractivity (Wildman–Crippen MR) is 106 cm³/mol. The maximum atomic E-state index is 8.74. The van der Waals surface area contributed by atoms with Crippen molar-refractivity contribution in [2.24, 2.45) is 0 Å². The molecular weight excluding hydrogens is 310 g/mol. The molecule has 25 heavy (non-hydrogen) atoms. The van der Waals surface area contributed by atoms with Crippen molar-refractivity contribution in [2.75, 3.05) is 13.2 Å². The Morgan fingerprint density at radius 3 is 1.68 bits per heavy atom. The van der Waals surface area contributed by atoms with Crippen LogP contribution in [0.5, 0.6) is 0 Å². The first-order chi connectivity index (χ1) is 12.3. The van der Waals surface area contributed by atoms with Crippen LogP contribution in [0.1, 0.15) is 65.2 Å². The van der Waals surface area contributed by atoms with Crippen LogP contribution in [0.25, 0.3) is 0 Å². The Hall–Kier alpha value is -1.63. The van der Waals surface area contributed by atoms with Crippen LogP contribution in [0.4, 0.5) is 0 Å². The van der Waals surface area contributed by atoms with E-state index in [1.807, 2.05) is 0 Å². The standard InChI is InChI=1S/C22H35NO2/c1-3-5-7-9-11-13-15-20-24-22(18-17-19-23)25-21-16-14-12-10-8-6-4-2/h5-8,11-14,22H,3-4,9-10,15-18,20-21H2,1-2H3/b7-5+,8-6+,13-11+,14-12+. The van der Waals surface area contributed by atoms with Crippen LogP contribution in [0, 0.1) is 11.3 Å². The molecule has 0 rings (SSSR count). The van der Waals surface area contributed by atoms with Gasteiger partial charge in [-0.05, 0) is 38.5 Å². The zero-order valence-electron chi connectivity index (χ0n) is 16.0. The van der Waals surface area contributed by atoms with Crippen LogP contribution in [0.3, 0.4) is 0 Å². The van der Waals surface area contributed by atoms with E-state index in [2.05, 4.69) is 68.5 Å². The average molecular weight is 346 g/mol. The van der Waals surface area contributed by atoms with Gasteiger partial charge in [0.2, 0.25) is 0 Å². The second-order valence-corrected chi connectivity index (χ2v) is 5.62. The number of nitrogens with zero attached hydrogens (tertiary/aromatic N) is 1. The minimum absolute atomic E-state index is 0.276. The Kier molecular flexibility index (Phi) is 19.1. The van der Waals surface area contributed by atoms with Gasteiger partial charge in [0.1, 0.15) is 0 Å². The topological polar surface area (TPSA) is 42.2 Å². The number of nitriles is 1. The first-order valence-electron chi connectivity index (χ1n) is 9.55. The van der Waals surface area contributed by atoms with E-state index in [4.69, 9.17) is 14.7 Å². The molecule has 0 spiro atoms. The Labute approximate surface area is 154 Å². The molecule has 0 bridgehead atoms. The van der Waals surface area contributed by atoms with Crippen molar-refractivity contribution in [3.63, 3.8) is 0 Å². The van der Waals surface area contributed by atoms with E-state index < -0.39 is 0 Å². The molecule has 0 aliphatic heterocycles. The van der Waals surface area contributed by atoms with Gasteiger partial charge >= 0.3 is 0 Å². The van der Waals surface area contributed by atoms with E-state index in [1.54, 1.807) is 0 Å². The maximum absolute atomic E-state index is 8.74. The lowest BCUT2D eigenvalue weighted by atomic mass is 10.3. The number of allylic oxidation sites excluding steroid dienone is 6. The third-order valence-corrected chi connectivity index (χ3v) is 3.35. The fourth-order valence-electron chi connectivity index (χ4n) is 2.04. The summed E-state index contributed by atoms with van der Waals surface area (Å²) in [6, 6.07) is 2.16. The highest BCUT2D eigenvalue weighted by Crippen LogP contribution is 2.06. The summed E-state index contributed by atoms with van der Waals surface area (Å²) in [4.78, 5) is 0. The lowest BCUT2D eigenvalue weighted by molar-refractivity contribution is -0.143. The molecule has 0 aromatic rings. The van der Waals surface area contributed by atoms with E-state index >= 15 is 0 Å². The van der Waals surface area contributed by atoms with Crippen molar-refractivity contribution >= 4 is 0 Å². The maximum Gasteiger partial charge on any atom is 0.158 e. The molecule has 0 aliphatic carbocycles. The van der Waals surface area contributed by atoms with Crippen LogP contribution < -0.4 is 0 Å². The van der Waals surface area contributed by atoms with Crippen molar-refractivity contribution < 1.29 is 9.47 Å². The third kappa shape index (κ3) is 18.5. The van der Waals surface area contributed by atoms with Crippen LogP contribution in [-0.4, -0.2) is 19.5 Å². The first-order valence-corrected chi connectivity index (χ1v) is 9.55. The van der Waals surface area contributed by atoms with Crippen LogP contribution >= 0.6 is 0 Å². The largest absolute Gasteiger partial charge is 0.352 e. The quantitative estimate of drug-likeness (QED) is 0.188. The summed E-state index contributed by atoms with van der Waals surface area (Å²) in [5.74, 6) is 0. The summed E-state index contributed by atoms with van der Waals surface area (Å²) in [6.07, 6.45) is 23.9. The highest BCUT2D eigenvalue weighted by Gasteiger charge is 2.08. The number of ether oxygens (including phenoxy) is 2. The van der Waals surface area contributed by atoms with Crippen LogP contribution in [0.2, 0.25) is 0 Å². The minimum atomic E-state index is -0.276. The molecule has 0 fully saturated rings. The third-order valence-electron chi connectivity index (χ3n) is 3.35. The summed E-state index contributed by atoms with van der Waals surface area (Å²) in [7, 11) is 0. The lowest BCUT2D eigenvalue weighted by Crippen LogP contribution is -2.18. The summed E-state index contributed by atoms with van der Waals surface area (Å²) < 4.78 is 11.5. The molecule has 140 valence electrons. The number of rotatable bonds is 16. The van der Waals surface area contributed by atoms with Crippen molar-refractivity contribution in [1.29, 1.82) is 5.26 Å². The fourth-order valence-corrected chi connectivity index (χ4v) is 2.04. The summed E-state index contributed by atoms with van der Waals surface area (Å²) in [5, 5.41) is 8.74. The Morgan fingerprint density at radius 1 is 0.760 bits per heavy atom. The minimum Gasteiger partial charge on any atom is -0.352 e. The van der Waals surface area contributed by atoms with Gasteiger partial charge in [-0.15, -0.1) is 0 Å². The highest BCUT2D eigenvalue weighted by molar-refractivity contribution is 4.93. The van der Waals surface area contributed by atoms with Gasteiger partial charge in [0.15, 0.2) is 6.29 Å². The highest BCUT2D eigenvalue weighted by atomic mass is 16.7. The fraction of sp³-hybridized carbons (Fsp3) is 0.591. The Balaban J connectivity index is 3.86. The van der Waals surface area contributed by atoms with E-state index in [-0.39, 0.29) is 6.29 Å². The van der Waals surface area contributed by atoms with Crippen LogP contribution in [-0.2, 0) is 9.47 Å². The Bertz CT molecular complexity index is 398. The van der Waals surface area contributed by atoms with E-state index in [0.29, 0.717) is 26.1 Å². The lowest BCUT2D eigenvalue weighted by Gasteiger charge is -2.16. The van der Waals surface area contributed by atoms with Gasteiger partial charge in [0, 0.05) is 12.8 Å². The molecular formula is C22H35NO2. The smallest absolute Gasteiger partial charge is 0.158 e. The van der Waals surface area contributed by atoms with Crippen molar-refractivity contribution in [2.45, 2.75) is 71.5 Å². The SMILES string of the molecule is CC/C=C/C/C=C/CCOC(CCC#N)OCC/C=C/C/C=C/CC. The molecule has 0 aromatic carbocycles. The van der Waals surface area contributed by atoms with Gasteiger partial charge in [-0.2, -0.15) is 5.26 Å². The van der Waals surface area contributed by atoms with Gasteiger partial charge in [-0.25, -0.2) is 0 Å². The van der Waals surface area contributed by atoms with Gasteiger partial charge in [-0.3, -0.25) is 0 Å². The van der Waals surface area contributed by atoms with E-state index in [1.165, 1.54) is 0 Å². The van der Waals surface area contributed by atoms with Gasteiger partial charge < -0.3 is 9.47 Å². The van der Waals surface area contributed by atoms with Crippen molar-refractivity contribution in [1.82, 2.24) is 0 Å². The zero-order valence-corrected chi connectivity index (χ0v) is 16.0. The molecule has 0 heterocycles. The number of hydrogen-bond acceptors (Lipinski definition) is 3. The molecule has 0 aliphatic rings. The van der Waals surface area contributed by atoms with Gasteiger partial charge in [0.05, 0.1) is 19.3 Å². The molecule has 0 saturated carbocycles. The second-order valence-electron chi connectivity index (χ2n) is 5.62. The van der Waals surface area contributed by atoms with Crippen molar-refractivity contribution in [3.8, 4) is 6.07 Å². The summed E-state index contributed by atoms with van der Waals surface area (Å²) in [6.45, 7) is 5.52. The van der Waals surface area contributed by atoms with Crippen molar-refractivity contribution in [3.05, 3.63) is 48.6 Å². The monoisotopic (exact) mass is 345 g/mol. The molecule has 3 nitrogen and oxygen atoms in total. The average Bonchev–Trinajstić information content (AvgIpc) is 2.63. The zero-order chi connectivity index (χ0) is 18.4. The molecule has 0 aromatic heterocycles. The first kappa shape index (κ1) is 23.4. The second kappa shape index (κ2) is 20.4. The number of hydrogen-bond donors (Lipinski definition) is 0. The van der Waals surface area contributed by atoms with Gasteiger partial charge in [-0.1, -0.05) is 62.5 Å². The molecule has 0 unspecified atom stereocenters. The summed E-state index contributed by atoms with van der Waals surface area (Å²) >= 11 is 0. The molecule has 0 amide bonds. The normalized spacial score (nSPS) is 12.4. The van der Waals surface area contributed by atoms with Gasteiger partial charge in [0.25, 0.3) is 0 Å². The molecule has 3 heteroatoms. The molecule has 0 saturated heterocycles. The molecule has 0 radical (unpaired) electrons. The predicted octanol–water partition coefficient (Wildman–Crippen LogP) is 6.25. The van der Waals surface area contributed by atoms with Crippen LogP contribution in [0.15, 0.2) is 48.6 Å². The molecule has 0 atom stereocenters. The van der Waals surface area contributed by atoms with E-state index in [0.717, 1.165) is 38.5 Å². The van der Waals surface area contributed by atoms with E-state index in [9.17, 15) is 0 Å².